The number of benzene rings is 3. The maximum Gasteiger partial charge on any atom is 0.316 e. The van der Waals surface area contributed by atoms with Gasteiger partial charge in [0.2, 0.25) is 5.91 Å². The Morgan fingerprint density at radius 2 is 1.55 bits per heavy atom. The van der Waals surface area contributed by atoms with Crippen LogP contribution in [0.25, 0.3) is 11.1 Å². The lowest BCUT2D eigenvalue weighted by Crippen LogP contribution is -2.29. The van der Waals surface area contributed by atoms with Crippen LogP contribution in [0, 0.1) is 5.92 Å². The largest absolute Gasteiger partial charge is 0.426 e. The van der Waals surface area contributed by atoms with Crippen LogP contribution in [0.1, 0.15) is 31.4 Å². The minimum Gasteiger partial charge on any atom is -0.426 e. The lowest BCUT2D eigenvalue weighted by Gasteiger charge is -2.23. The smallest absolute Gasteiger partial charge is 0.316 e. The lowest BCUT2D eigenvalue weighted by atomic mass is 10.0. The van der Waals surface area contributed by atoms with E-state index < -0.39 is 5.92 Å². The number of esters is 1. The minimum absolute atomic E-state index is 0.0195. The van der Waals surface area contributed by atoms with Crippen molar-refractivity contribution in [1.82, 2.24) is 0 Å². The quantitative estimate of drug-likeness (QED) is 0.399. The highest BCUT2D eigenvalue weighted by Crippen LogP contribution is 2.34. The van der Waals surface area contributed by atoms with Crippen molar-refractivity contribution in [2.45, 2.75) is 33.1 Å². The molecule has 0 saturated carbocycles. The standard InChI is InChI=1S/C27H27NO3/c1-3-19-13-10-14-20(4-2)26(19)28-18-22(17-25(28)29)27(30)31-24-16-9-8-15-23(24)21-11-6-5-7-12-21/h5-16,22H,3-4,17-18H2,1-2H3/t22-/m0/s1. The second-order valence-electron chi connectivity index (χ2n) is 7.82. The van der Waals surface area contributed by atoms with Crippen molar-refractivity contribution in [2.24, 2.45) is 5.92 Å². The van der Waals surface area contributed by atoms with Crippen LogP contribution < -0.4 is 9.64 Å². The Labute approximate surface area is 183 Å². The highest BCUT2D eigenvalue weighted by Gasteiger charge is 2.38. The SMILES string of the molecule is CCc1cccc(CC)c1N1C[C@@H](C(=O)Oc2ccccc2-c2ccccc2)CC1=O. The van der Waals surface area contributed by atoms with E-state index in [0.29, 0.717) is 12.3 Å². The highest BCUT2D eigenvalue weighted by molar-refractivity contribution is 6.01. The van der Waals surface area contributed by atoms with Crippen LogP contribution in [0.4, 0.5) is 5.69 Å². The molecule has 31 heavy (non-hydrogen) atoms. The van der Waals surface area contributed by atoms with Gasteiger partial charge in [0.25, 0.3) is 0 Å². The summed E-state index contributed by atoms with van der Waals surface area (Å²) in [5.74, 6) is -0.334. The van der Waals surface area contributed by atoms with Crippen LogP contribution in [0.2, 0.25) is 0 Å². The first kappa shape index (κ1) is 20.9. The number of carbonyl (C=O) groups is 2. The number of anilines is 1. The van der Waals surface area contributed by atoms with E-state index in [1.807, 2.05) is 54.6 Å². The molecule has 3 aromatic carbocycles. The molecule has 0 aliphatic carbocycles. The molecule has 1 atom stereocenters. The molecule has 1 heterocycles. The van der Waals surface area contributed by atoms with Gasteiger partial charge in [0, 0.05) is 24.2 Å². The van der Waals surface area contributed by atoms with Crippen LogP contribution in [-0.4, -0.2) is 18.4 Å². The Balaban J connectivity index is 1.56. The lowest BCUT2D eigenvalue weighted by molar-refractivity contribution is -0.139. The molecule has 0 spiro atoms. The van der Waals surface area contributed by atoms with Crippen LogP contribution in [0.3, 0.4) is 0 Å². The number of rotatable bonds is 6. The molecule has 0 N–H and O–H groups in total. The first-order chi connectivity index (χ1) is 15.1. The molecule has 1 amide bonds. The molecule has 4 heteroatoms. The van der Waals surface area contributed by atoms with Crippen molar-refractivity contribution in [3.63, 3.8) is 0 Å². The maximum absolute atomic E-state index is 13.0. The van der Waals surface area contributed by atoms with Crippen molar-refractivity contribution >= 4 is 17.6 Å². The van der Waals surface area contributed by atoms with Gasteiger partial charge >= 0.3 is 5.97 Å². The van der Waals surface area contributed by atoms with Crippen molar-refractivity contribution < 1.29 is 14.3 Å². The molecule has 3 aromatic rings. The molecule has 158 valence electrons. The van der Waals surface area contributed by atoms with E-state index in [-0.39, 0.29) is 18.3 Å². The predicted molar refractivity (Wildman–Crippen MR) is 123 cm³/mol. The number of amides is 1. The van der Waals surface area contributed by atoms with Gasteiger partial charge in [0.1, 0.15) is 5.75 Å². The fourth-order valence-corrected chi connectivity index (χ4v) is 4.25. The summed E-state index contributed by atoms with van der Waals surface area (Å²) in [6.45, 7) is 4.53. The van der Waals surface area contributed by atoms with Gasteiger partial charge in [0.15, 0.2) is 0 Å². The molecular weight excluding hydrogens is 386 g/mol. The minimum atomic E-state index is -0.481. The Bertz CT molecular complexity index is 1070. The Hall–Kier alpha value is -3.40. The first-order valence-corrected chi connectivity index (χ1v) is 10.9. The molecule has 4 nitrogen and oxygen atoms in total. The van der Waals surface area contributed by atoms with Crippen LogP contribution in [0.5, 0.6) is 5.75 Å². The predicted octanol–water partition coefficient (Wildman–Crippen LogP) is 5.44. The molecule has 0 aromatic heterocycles. The van der Waals surface area contributed by atoms with Crippen molar-refractivity contribution in [1.29, 1.82) is 0 Å². The zero-order valence-electron chi connectivity index (χ0n) is 18.0. The zero-order valence-corrected chi connectivity index (χ0v) is 18.0. The van der Waals surface area contributed by atoms with Gasteiger partial charge in [-0.25, -0.2) is 0 Å². The summed E-state index contributed by atoms with van der Waals surface area (Å²) >= 11 is 0. The average molecular weight is 414 g/mol. The molecular formula is C27H27NO3. The molecule has 4 rings (SSSR count). The number of aryl methyl sites for hydroxylation is 2. The third kappa shape index (κ3) is 4.24. The van der Waals surface area contributed by atoms with E-state index in [0.717, 1.165) is 40.8 Å². The van der Waals surface area contributed by atoms with E-state index >= 15 is 0 Å². The van der Waals surface area contributed by atoms with Gasteiger partial charge in [-0.1, -0.05) is 80.6 Å². The van der Waals surface area contributed by atoms with E-state index in [2.05, 4.69) is 26.0 Å². The molecule has 1 fully saturated rings. The average Bonchev–Trinajstić information content (AvgIpc) is 3.20. The van der Waals surface area contributed by atoms with Crippen LogP contribution in [-0.2, 0) is 22.4 Å². The van der Waals surface area contributed by atoms with Crippen LogP contribution in [0.15, 0.2) is 72.8 Å². The summed E-state index contributed by atoms with van der Waals surface area (Å²) in [6.07, 6.45) is 1.85. The zero-order chi connectivity index (χ0) is 21.8. The normalized spacial score (nSPS) is 15.9. The van der Waals surface area contributed by atoms with E-state index in [9.17, 15) is 9.59 Å². The summed E-state index contributed by atoms with van der Waals surface area (Å²) in [5.41, 5.74) is 5.09. The number of hydrogen-bond donors (Lipinski definition) is 0. The van der Waals surface area contributed by atoms with Gasteiger partial charge in [-0.15, -0.1) is 0 Å². The van der Waals surface area contributed by atoms with Gasteiger partial charge < -0.3 is 9.64 Å². The summed E-state index contributed by atoms with van der Waals surface area (Å²) in [6, 6.07) is 23.5. The molecule has 0 radical (unpaired) electrons. The Morgan fingerprint density at radius 1 is 0.903 bits per heavy atom. The maximum atomic E-state index is 13.0. The number of hydrogen-bond acceptors (Lipinski definition) is 3. The summed E-state index contributed by atoms with van der Waals surface area (Å²) in [4.78, 5) is 27.7. The third-order valence-corrected chi connectivity index (χ3v) is 5.88. The highest BCUT2D eigenvalue weighted by atomic mass is 16.5. The summed E-state index contributed by atoms with van der Waals surface area (Å²) in [7, 11) is 0. The fourth-order valence-electron chi connectivity index (χ4n) is 4.25. The summed E-state index contributed by atoms with van der Waals surface area (Å²) < 4.78 is 5.81. The third-order valence-electron chi connectivity index (χ3n) is 5.88. The fraction of sp³-hybridized carbons (Fsp3) is 0.259. The molecule has 1 saturated heterocycles. The molecule has 1 aliphatic rings. The summed E-state index contributed by atoms with van der Waals surface area (Å²) in [5, 5.41) is 0. The first-order valence-electron chi connectivity index (χ1n) is 10.9. The Morgan fingerprint density at radius 3 is 2.23 bits per heavy atom. The van der Waals surface area contributed by atoms with Crippen LogP contribution >= 0.6 is 0 Å². The topological polar surface area (TPSA) is 46.6 Å². The van der Waals surface area contributed by atoms with E-state index in [1.54, 1.807) is 11.0 Å². The Kier molecular flexibility index (Phi) is 6.17. The van der Waals surface area contributed by atoms with Gasteiger partial charge in [-0.05, 0) is 35.6 Å². The van der Waals surface area contributed by atoms with E-state index in [4.69, 9.17) is 4.74 Å². The number of ether oxygens (including phenoxy) is 1. The van der Waals surface area contributed by atoms with E-state index in [1.165, 1.54) is 0 Å². The van der Waals surface area contributed by atoms with Crippen molar-refractivity contribution in [3.05, 3.63) is 83.9 Å². The monoisotopic (exact) mass is 413 g/mol. The molecule has 0 bridgehead atoms. The second-order valence-corrected chi connectivity index (χ2v) is 7.82. The molecule has 0 unspecified atom stereocenters. The number of para-hydroxylation sites is 2. The van der Waals surface area contributed by atoms with Gasteiger partial charge in [-0.2, -0.15) is 0 Å². The number of nitrogens with zero attached hydrogens (tertiary/aromatic N) is 1. The van der Waals surface area contributed by atoms with Crippen molar-refractivity contribution in [2.75, 3.05) is 11.4 Å². The number of carbonyl (C=O) groups excluding carboxylic acids is 2. The van der Waals surface area contributed by atoms with Crippen molar-refractivity contribution in [3.8, 4) is 16.9 Å². The second kappa shape index (κ2) is 9.17. The molecule has 1 aliphatic heterocycles. The van der Waals surface area contributed by atoms with Gasteiger partial charge in [0.05, 0.1) is 5.92 Å². The van der Waals surface area contributed by atoms with Gasteiger partial charge in [-0.3, -0.25) is 9.59 Å².